The Balaban J connectivity index is 1.84. The van der Waals surface area contributed by atoms with Gasteiger partial charge in [-0.3, -0.25) is 4.40 Å². The summed E-state index contributed by atoms with van der Waals surface area (Å²) < 4.78 is 15.3. The maximum atomic E-state index is 13.3. The number of halogens is 1. The van der Waals surface area contributed by atoms with Crippen LogP contribution in [0.2, 0.25) is 0 Å². The molecule has 0 saturated carbocycles. The maximum absolute atomic E-state index is 13.3. The molecule has 0 atom stereocenters. The lowest BCUT2D eigenvalue weighted by Crippen LogP contribution is -1.95. The average Bonchev–Trinajstić information content (AvgIpc) is 3.14. The molecular weight excluding hydrogens is 279 g/mol. The van der Waals surface area contributed by atoms with Crippen molar-refractivity contribution >= 4 is 22.2 Å². The highest BCUT2D eigenvalue weighted by Gasteiger charge is 2.20. The summed E-state index contributed by atoms with van der Waals surface area (Å²) in [5, 5.41) is 5.67. The lowest BCUT2D eigenvalue weighted by atomic mass is 10.00. The number of hydrogen-bond acceptors (Lipinski definition) is 3. The van der Waals surface area contributed by atoms with Crippen LogP contribution in [0.25, 0.3) is 27.7 Å². The molecule has 0 aliphatic carbocycles. The van der Waals surface area contributed by atoms with Crippen molar-refractivity contribution in [3.05, 3.63) is 60.3 Å². The fourth-order valence-corrected chi connectivity index (χ4v) is 3.23. The van der Waals surface area contributed by atoms with Crippen molar-refractivity contribution in [2.45, 2.75) is 6.54 Å². The van der Waals surface area contributed by atoms with Crippen molar-refractivity contribution in [1.29, 1.82) is 0 Å². The van der Waals surface area contributed by atoms with Gasteiger partial charge in [-0.1, -0.05) is 12.1 Å². The Morgan fingerprint density at radius 2 is 2.09 bits per heavy atom. The van der Waals surface area contributed by atoms with E-state index in [2.05, 4.69) is 27.4 Å². The predicted octanol–water partition coefficient (Wildman–Crippen LogP) is 3.61. The van der Waals surface area contributed by atoms with Crippen LogP contribution in [0.1, 0.15) is 5.56 Å². The predicted molar refractivity (Wildman–Crippen MR) is 83.2 cm³/mol. The summed E-state index contributed by atoms with van der Waals surface area (Å²) in [6, 6.07) is 9.10. The number of nitrogens with one attached hydrogen (secondary N) is 1. The fourth-order valence-electron chi connectivity index (χ4n) is 3.23. The van der Waals surface area contributed by atoms with Crippen LogP contribution in [0, 0.1) is 5.82 Å². The quantitative estimate of drug-likeness (QED) is 0.582. The largest absolute Gasteiger partial charge is 0.365 e. The van der Waals surface area contributed by atoms with Gasteiger partial charge in [0, 0.05) is 36.0 Å². The standard InChI is InChI=1S/C17H11FN4/c18-11-4-6-22-14(9-20-15(22)7-11)12-2-1-10-3-5-19-17-16(10)13(12)8-21-17/h1-7,9H,8H2,(H,19,21). The molecule has 0 radical (unpaired) electrons. The van der Waals surface area contributed by atoms with Crippen molar-refractivity contribution in [3.63, 3.8) is 0 Å². The number of nitrogens with zero attached hydrogens (tertiary/aromatic N) is 3. The van der Waals surface area contributed by atoms with Crippen molar-refractivity contribution in [2.75, 3.05) is 5.32 Å². The minimum absolute atomic E-state index is 0.277. The number of benzene rings is 1. The molecule has 0 bridgehead atoms. The molecule has 22 heavy (non-hydrogen) atoms. The van der Waals surface area contributed by atoms with Gasteiger partial charge in [-0.15, -0.1) is 0 Å². The second kappa shape index (κ2) is 4.04. The van der Waals surface area contributed by atoms with E-state index in [1.54, 1.807) is 12.4 Å². The Kier molecular flexibility index (Phi) is 2.14. The summed E-state index contributed by atoms with van der Waals surface area (Å²) in [5.74, 6) is 0.648. The maximum Gasteiger partial charge on any atom is 0.140 e. The number of imidazole rings is 1. The third-order valence-corrected chi connectivity index (χ3v) is 4.22. The van der Waals surface area contributed by atoms with E-state index >= 15 is 0 Å². The molecule has 0 spiro atoms. The molecule has 5 rings (SSSR count). The lowest BCUT2D eigenvalue weighted by Gasteiger charge is -2.08. The van der Waals surface area contributed by atoms with Crippen molar-refractivity contribution in [1.82, 2.24) is 14.4 Å². The summed E-state index contributed by atoms with van der Waals surface area (Å²) in [4.78, 5) is 8.71. The zero-order valence-electron chi connectivity index (χ0n) is 11.5. The molecule has 1 N–H and O–H groups in total. The van der Waals surface area contributed by atoms with E-state index in [1.807, 2.05) is 16.7 Å². The van der Waals surface area contributed by atoms with Crippen LogP contribution in [-0.4, -0.2) is 14.4 Å². The highest BCUT2D eigenvalue weighted by Crippen LogP contribution is 2.37. The molecule has 106 valence electrons. The van der Waals surface area contributed by atoms with Crippen LogP contribution < -0.4 is 5.32 Å². The third-order valence-electron chi connectivity index (χ3n) is 4.22. The van der Waals surface area contributed by atoms with Crippen LogP contribution >= 0.6 is 0 Å². The Labute approximate surface area is 125 Å². The van der Waals surface area contributed by atoms with E-state index in [9.17, 15) is 4.39 Å². The lowest BCUT2D eigenvalue weighted by molar-refractivity contribution is 0.626. The van der Waals surface area contributed by atoms with E-state index in [4.69, 9.17) is 0 Å². The van der Waals surface area contributed by atoms with E-state index in [-0.39, 0.29) is 5.82 Å². The first-order valence-corrected chi connectivity index (χ1v) is 7.09. The minimum atomic E-state index is -0.277. The zero-order valence-corrected chi connectivity index (χ0v) is 11.5. The zero-order chi connectivity index (χ0) is 14.7. The molecule has 4 aromatic rings. The van der Waals surface area contributed by atoms with Crippen molar-refractivity contribution in [3.8, 4) is 11.3 Å². The normalized spacial score (nSPS) is 13.0. The molecule has 1 aliphatic rings. The molecule has 0 fully saturated rings. The topological polar surface area (TPSA) is 42.2 Å². The van der Waals surface area contributed by atoms with E-state index in [1.165, 1.54) is 23.1 Å². The molecule has 1 aromatic carbocycles. The summed E-state index contributed by atoms with van der Waals surface area (Å²) in [6.07, 6.45) is 5.33. The summed E-state index contributed by atoms with van der Waals surface area (Å²) in [7, 11) is 0. The van der Waals surface area contributed by atoms with E-state index < -0.39 is 0 Å². The van der Waals surface area contributed by atoms with Gasteiger partial charge < -0.3 is 5.32 Å². The third kappa shape index (κ3) is 1.45. The van der Waals surface area contributed by atoms with E-state index in [0.717, 1.165) is 29.0 Å². The van der Waals surface area contributed by atoms with Gasteiger partial charge in [0.25, 0.3) is 0 Å². The first kappa shape index (κ1) is 11.7. The molecule has 1 aliphatic heterocycles. The van der Waals surface area contributed by atoms with Gasteiger partial charge >= 0.3 is 0 Å². The first-order valence-electron chi connectivity index (χ1n) is 7.09. The number of hydrogen-bond donors (Lipinski definition) is 1. The van der Waals surface area contributed by atoms with Crippen LogP contribution in [0.15, 0.2) is 48.9 Å². The highest BCUT2D eigenvalue weighted by molar-refractivity contribution is 6.01. The summed E-state index contributed by atoms with van der Waals surface area (Å²) in [5.41, 5.74) is 3.89. The average molecular weight is 290 g/mol. The van der Waals surface area contributed by atoms with Crippen LogP contribution in [0.4, 0.5) is 10.2 Å². The van der Waals surface area contributed by atoms with Crippen molar-refractivity contribution in [2.24, 2.45) is 0 Å². The summed E-state index contributed by atoms with van der Waals surface area (Å²) >= 11 is 0. The second-order valence-electron chi connectivity index (χ2n) is 5.42. The number of pyridine rings is 2. The Bertz CT molecular complexity index is 1050. The van der Waals surface area contributed by atoms with Gasteiger partial charge in [-0.25, -0.2) is 14.4 Å². The molecule has 3 aromatic heterocycles. The SMILES string of the molecule is Fc1ccn2c(-c3ccc4ccnc5c4c3CN5)cnc2c1. The molecular formula is C17H11FN4. The second-order valence-corrected chi connectivity index (χ2v) is 5.42. The molecule has 5 heteroatoms. The van der Waals surface area contributed by atoms with E-state index in [0.29, 0.717) is 5.65 Å². The number of aromatic nitrogens is 3. The Morgan fingerprint density at radius 3 is 3.05 bits per heavy atom. The Hall–Kier alpha value is -2.95. The van der Waals surface area contributed by atoms with Crippen molar-refractivity contribution < 1.29 is 4.39 Å². The minimum Gasteiger partial charge on any atom is -0.365 e. The van der Waals surface area contributed by atoms with Gasteiger partial charge in [-0.2, -0.15) is 0 Å². The highest BCUT2D eigenvalue weighted by atomic mass is 19.1. The van der Waals surface area contributed by atoms with Gasteiger partial charge in [0.2, 0.25) is 0 Å². The monoisotopic (exact) mass is 290 g/mol. The van der Waals surface area contributed by atoms with Gasteiger partial charge in [0.05, 0.1) is 11.9 Å². The summed E-state index contributed by atoms with van der Waals surface area (Å²) in [6.45, 7) is 0.744. The van der Waals surface area contributed by atoms with Crippen LogP contribution in [-0.2, 0) is 6.54 Å². The number of anilines is 1. The van der Waals surface area contributed by atoms with Gasteiger partial charge in [0.1, 0.15) is 17.3 Å². The molecule has 4 nitrogen and oxygen atoms in total. The van der Waals surface area contributed by atoms with Crippen LogP contribution in [0.3, 0.4) is 0 Å². The fraction of sp³-hybridized carbons (Fsp3) is 0.0588. The molecule has 0 saturated heterocycles. The Morgan fingerprint density at radius 1 is 1.14 bits per heavy atom. The molecule has 4 heterocycles. The number of fused-ring (bicyclic) bond motifs is 1. The van der Waals surface area contributed by atoms with Gasteiger partial charge in [-0.05, 0) is 23.1 Å². The molecule has 0 amide bonds. The van der Waals surface area contributed by atoms with Gasteiger partial charge in [0.15, 0.2) is 0 Å². The smallest absolute Gasteiger partial charge is 0.140 e. The number of rotatable bonds is 1. The first-order chi connectivity index (χ1) is 10.8. The van der Waals surface area contributed by atoms with Crippen LogP contribution in [0.5, 0.6) is 0 Å². The molecule has 0 unspecified atom stereocenters.